The molecule has 0 aromatic heterocycles. The molecule has 5 heteroatoms. The van der Waals surface area contributed by atoms with E-state index in [1.807, 2.05) is 0 Å². The molecular formula is C15H18Br2FNO. The van der Waals surface area contributed by atoms with Crippen LogP contribution < -0.4 is 5.32 Å². The summed E-state index contributed by atoms with van der Waals surface area (Å²) in [7, 11) is 0. The number of nitrogens with one attached hydrogen (secondary N) is 1. The number of alkyl halides is 1. The number of carbonyl (C=O) groups excluding carboxylic acids is 1. The first-order chi connectivity index (χ1) is 9.56. The predicted molar refractivity (Wildman–Crippen MR) is 85.7 cm³/mol. The number of hydrogen-bond donors (Lipinski definition) is 1. The molecule has 0 heterocycles. The van der Waals surface area contributed by atoms with E-state index in [0.717, 1.165) is 18.2 Å². The molecule has 1 fully saturated rings. The second-order valence-electron chi connectivity index (χ2n) is 5.50. The van der Waals surface area contributed by atoms with Gasteiger partial charge in [0.2, 0.25) is 0 Å². The van der Waals surface area contributed by atoms with Gasteiger partial charge in [-0.2, -0.15) is 0 Å². The molecule has 0 bridgehead atoms. The van der Waals surface area contributed by atoms with Crippen LogP contribution in [-0.2, 0) is 0 Å². The van der Waals surface area contributed by atoms with E-state index in [1.54, 1.807) is 6.07 Å². The zero-order chi connectivity index (χ0) is 14.6. The fourth-order valence-electron chi connectivity index (χ4n) is 2.70. The Morgan fingerprint density at radius 1 is 1.30 bits per heavy atom. The Morgan fingerprint density at radius 3 is 2.60 bits per heavy atom. The molecule has 0 saturated heterocycles. The molecule has 1 aliphatic carbocycles. The van der Waals surface area contributed by atoms with E-state index in [4.69, 9.17) is 0 Å². The molecule has 110 valence electrons. The highest BCUT2D eigenvalue weighted by atomic mass is 79.9. The van der Waals surface area contributed by atoms with Crippen LogP contribution in [0.3, 0.4) is 0 Å². The highest BCUT2D eigenvalue weighted by Crippen LogP contribution is 2.37. The lowest BCUT2D eigenvalue weighted by atomic mass is 9.75. The first kappa shape index (κ1) is 16.0. The topological polar surface area (TPSA) is 29.1 Å². The summed E-state index contributed by atoms with van der Waals surface area (Å²) in [6.07, 6.45) is 5.90. The van der Waals surface area contributed by atoms with Crippen LogP contribution in [0, 0.1) is 11.2 Å². The number of amides is 1. The standard InChI is InChI=1S/C15H18Br2FNO/c16-9-15(6-2-1-3-7-15)10-19-14(20)12-5-4-11(17)8-13(12)18/h4-5,8H,1-3,6-7,9-10H2,(H,19,20). The van der Waals surface area contributed by atoms with Crippen molar-refractivity contribution in [1.82, 2.24) is 5.32 Å². The Kier molecular flexibility index (Phi) is 5.61. The second-order valence-corrected chi connectivity index (χ2v) is 6.98. The van der Waals surface area contributed by atoms with Crippen LogP contribution in [0.2, 0.25) is 0 Å². The summed E-state index contributed by atoms with van der Waals surface area (Å²) < 4.78 is 14.4. The van der Waals surface area contributed by atoms with Crippen LogP contribution in [0.1, 0.15) is 42.5 Å². The van der Waals surface area contributed by atoms with Gasteiger partial charge in [-0.05, 0) is 36.5 Å². The van der Waals surface area contributed by atoms with E-state index in [2.05, 4.69) is 37.2 Å². The number of halogens is 3. The van der Waals surface area contributed by atoms with Crippen LogP contribution in [0.5, 0.6) is 0 Å². The van der Waals surface area contributed by atoms with Gasteiger partial charge in [-0.15, -0.1) is 0 Å². The number of benzene rings is 1. The van der Waals surface area contributed by atoms with Crippen molar-refractivity contribution in [3.05, 3.63) is 34.1 Å². The Hall–Kier alpha value is -0.420. The Labute approximate surface area is 135 Å². The number of hydrogen-bond acceptors (Lipinski definition) is 1. The van der Waals surface area contributed by atoms with Gasteiger partial charge in [0.1, 0.15) is 5.82 Å². The number of carbonyl (C=O) groups is 1. The third kappa shape index (κ3) is 3.82. The SMILES string of the molecule is O=C(NCC1(CBr)CCCCC1)c1ccc(Br)cc1F. The van der Waals surface area contributed by atoms with Gasteiger partial charge in [0, 0.05) is 16.3 Å². The average molecular weight is 407 g/mol. The Balaban J connectivity index is 2.00. The molecule has 0 aliphatic heterocycles. The van der Waals surface area contributed by atoms with Crippen LogP contribution >= 0.6 is 31.9 Å². The second kappa shape index (κ2) is 7.03. The smallest absolute Gasteiger partial charge is 0.254 e. The van der Waals surface area contributed by atoms with Gasteiger partial charge >= 0.3 is 0 Å². The molecule has 0 spiro atoms. The van der Waals surface area contributed by atoms with Crippen molar-refractivity contribution >= 4 is 37.8 Å². The molecule has 1 saturated carbocycles. The molecule has 0 atom stereocenters. The van der Waals surface area contributed by atoms with Crippen molar-refractivity contribution < 1.29 is 9.18 Å². The molecule has 1 amide bonds. The molecule has 20 heavy (non-hydrogen) atoms. The molecule has 1 N–H and O–H groups in total. The third-order valence-corrected chi connectivity index (χ3v) is 5.68. The zero-order valence-electron chi connectivity index (χ0n) is 11.2. The first-order valence-electron chi connectivity index (χ1n) is 6.86. The van der Waals surface area contributed by atoms with E-state index in [0.29, 0.717) is 11.0 Å². The lowest BCUT2D eigenvalue weighted by molar-refractivity contribution is 0.0918. The molecule has 0 unspecified atom stereocenters. The van der Waals surface area contributed by atoms with Gasteiger partial charge < -0.3 is 5.32 Å². The fourth-order valence-corrected chi connectivity index (χ4v) is 3.79. The monoisotopic (exact) mass is 405 g/mol. The largest absolute Gasteiger partial charge is 0.351 e. The van der Waals surface area contributed by atoms with Gasteiger partial charge in [0.15, 0.2) is 0 Å². The van der Waals surface area contributed by atoms with Crippen LogP contribution in [0.4, 0.5) is 4.39 Å². The lowest BCUT2D eigenvalue weighted by Gasteiger charge is -2.35. The predicted octanol–water partition coefficient (Wildman–Crippen LogP) is 4.66. The summed E-state index contributed by atoms with van der Waals surface area (Å²) in [5, 5.41) is 3.77. The van der Waals surface area contributed by atoms with Crippen molar-refractivity contribution in [2.75, 3.05) is 11.9 Å². The van der Waals surface area contributed by atoms with E-state index in [-0.39, 0.29) is 16.9 Å². The maximum absolute atomic E-state index is 13.7. The molecular weight excluding hydrogens is 389 g/mol. The Bertz CT molecular complexity index is 487. The summed E-state index contributed by atoms with van der Waals surface area (Å²) in [6, 6.07) is 4.51. The van der Waals surface area contributed by atoms with E-state index in [1.165, 1.54) is 31.4 Å². The van der Waals surface area contributed by atoms with Crippen molar-refractivity contribution in [3.63, 3.8) is 0 Å². The summed E-state index contributed by atoms with van der Waals surface area (Å²) in [4.78, 5) is 12.1. The van der Waals surface area contributed by atoms with Crippen LogP contribution in [0.15, 0.2) is 22.7 Å². The van der Waals surface area contributed by atoms with Gasteiger partial charge in [-0.25, -0.2) is 4.39 Å². The molecule has 0 radical (unpaired) electrons. The van der Waals surface area contributed by atoms with Crippen molar-refractivity contribution in [2.45, 2.75) is 32.1 Å². The van der Waals surface area contributed by atoms with E-state index >= 15 is 0 Å². The molecule has 2 rings (SSSR count). The zero-order valence-corrected chi connectivity index (χ0v) is 14.4. The first-order valence-corrected chi connectivity index (χ1v) is 8.77. The molecule has 1 aromatic rings. The Morgan fingerprint density at radius 2 is 2.00 bits per heavy atom. The molecule has 2 nitrogen and oxygen atoms in total. The quantitative estimate of drug-likeness (QED) is 0.723. The third-order valence-electron chi connectivity index (χ3n) is 4.00. The maximum atomic E-state index is 13.7. The summed E-state index contributed by atoms with van der Waals surface area (Å²) in [5.74, 6) is -0.825. The summed E-state index contributed by atoms with van der Waals surface area (Å²) >= 11 is 6.76. The van der Waals surface area contributed by atoms with E-state index < -0.39 is 5.82 Å². The van der Waals surface area contributed by atoms with Gasteiger partial charge in [0.25, 0.3) is 5.91 Å². The minimum Gasteiger partial charge on any atom is -0.351 e. The van der Waals surface area contributed by atoms with Gasteiger partial charge in [0.05, 0.1) is 5.56 Å². The summed E-state index contributed by atoms with van der Waals surface area (Å²) in [5.41, 5.74) is 0.230. The maximum Gasteiger partial charge on any atom is 0.254 e. The average Bonchev–Trinajstić information content (AvgIpc) is 2.46. The minimum absolute atomic E-state index is 0.105. The normalized spacial score (nSPS) is 17.8. The highest BCUT2D eigenvalue weighted by molar-refractivity contribution is 9.10. The minimum atomic E-state index is -0.492. The van der Waals surface area contributed by atoms with Crippen LogP contribution in [0.25, 0.3) is 0 Å². The fraction of sp³-hybridized carbons (Fsp3) is 0.533. The lowest BCUT2D eigenvalue weighted by Crippen LogP contribution is -2.40. The van der Waals surface area contributed by atoms with E-state index in [9.17, 15) is 9.18 Å². The molecule has 1 aromatic carbocycles. The number of rotatable bonds is 4. The van der Waals surface area contributed by atoms with Gasteiger partial charge in [-0.3, -0.25) is 4.79 Å². The van der Waals surface area contributed by atoms with Crippen molar-refractivity contribution in [2.24, 2.45) is 5.41 Å². The molecule has 1 aliphatic rings. The highest BCUT2D eigenvalue weighted by Gasteiger charge is 2.31. The van der Waals surface area contributed by atoms with Gasteiger partial charge in [-0.1, -0.05) is 51.1 Å². The van der Waals surface area contributed by atoms with Crippen LogP contribution in [-0.4, -0.2) is 17.8 Å². The van der Waals surface area contributed by atoms with Crippen molar-refractivity contribution in [3.8, 4) is 0 Å². The van der Waals surface area contributed by atoms with Crippen molar-refractivity contribution in [1.29, 1.82) is 0 Å². The summed E-state index contributed by atoms with van der Waals surface area (Å²) in [6.45, 7) is 0.604.